The maximum absolute atomic E-state index is 11.9. The summed E-state index contributed by atoms with van der Waals surface area (Å²) >= 11 is 0. The summed E-state index contributed by atoms with van der Waals surface area (Å²) in [6.45, 7) is 8.49. The van der Waals surface area contributed by atoms with Crippen molar-refractivity contribution in [2.24, 2.45) is 11.8 Å². The summed E-state index contributed by atoms with van der Waals surface area (Å²) in [6.07, 6.45) is 1.16. The Morgan fingerprint density at radius 2 is 1.85 bits per heavy atom. The minimum absolute atomic E-state index is 0.0872. The van der Waals surface area contributed by atoms with E-state index >= 15 is 0 Å². The zero-order valence-electron chi connectivity index (χ0n) is 13.1. The molecule has 1 unspecified atom stereocenters. The van der Waals surface area contributed by atoms with Gasteiger partial charge in [-0.1, -0.05) is 51.1 Å². The molecular formula is C17H27NO2. The van der Waals surface area contributed by atoms with Crippen LogP contribution in [0.4, 0.5) is 0 Å². The van der Waals surface area contributed by atoms with Gasteiger partial charge in [0.1, 0.15) is 6.61 Å². The SMILES string of the molecule is CC(C)CCN(C)CC(C)C(=O)OCc1ccccc1. The standard InChI is InChI=1S/C17H27NO2/c1-14(2)10-11-18(4)12-15(3)17(19)20-13-16-8-6-5-7-9-16/h5-9,14-15H,10-13H2,1-4H3. The molecule has 0 amide bonds. The number of nitrogens with zero attached hydrogens (tertiary/aromatic N) is 1. The van der Waals surface area contributed by atoms with Gasteiger partial charge in [0.15, 0.2) is 0 Å². The molecule has 112 valence electrons. The smallest absolute Gasteiger partial charge is 0.310 e. The molecule has 3 heteroatoms. The topological polar surface area (TPSA) is 29.5 Å². The third kappa shape index (κ3) is 6.71. The van der Waals surface area contributed by atoms with Crippen LogP contribution in [0.25, 0.3) is 0 Å². The number of ether oxygens (including phenoxy) is 1. The van der Waals surface area contributed by atoms with Crippen LogP contribution in [0.2, 0.25) is 0 Å². The summed E-state index contributed by atoms with van der Waals surface area (Å²) in [5, 5.41) is 0. The predicted molar refractivity (Wildman–Crippen MR) is 82.4 cm³/mol. The Hall–Kier alpha value is -1.35. The van der Waals surface area contributed by atoms with Crippen molar-refractivity contribution in [3.63, 3.8) is 0 Å². The summed E-state index contributed by atoms with van der Waals surface area (Å²) in [5.41, 5.74) is 1.03. The first-order valence-electron chi connectivity index (χ1n) is 7.38. The van der Waals surface area contributed by atoms with Gasteiger partial charge in [-0.3, -0.25) is 4.79 Å². The number of hydrogen-bond acceptors (Lipinski definition) is 3. The molecule has 0 fully saturated rings. The Labute approximate surface area is 122 Å². The van der Waals surface area contributed by atoms with Gasteiger partial charge in [0, 0.05) is 6.54 Å². The average Bonchev–Trinajstić information content (AvgIpc) is 2.43. The van der Waals surface area contributed by atoms with Crippen LogP contribution in [0.15, 0.2) is 30.3 Å². The highest BCUT2D eigenvalue weighted by atomic mass is 16.5. The Balaban J connectivity index is 2.28. The summed E-state index contributed by atoms with van der Waals surface area (Å²) in [4.78, 5) is 14.1. The highest BCUT2D eigenvalue weighted by Gasteiger charge is 2.16. The first-order chi connectivity index (χ1) is 9.49. The third-order valence-electron chi connectivity index (χ3n) is 3.30. The lowest BCUT2D eigenvalue weighted by molar-refractivity contribution is -0.149. The fraction of sp³-hybridized carbons (Fsp3) is 0.588. The molecule has 20 heavy (non-hydrogen) atoms. The van der Waals surface area contributed by atoms with Gasteiger partial charge in [0.25, 0.3) is 0 Å². The van der Waals surface area contributed by atoms with E-state index in [1.165, 1.54) is 0 Å². The van der Waals surface area contributed by atoms with Gasteiger partial charge in [-0.15, -0.1) is 0 Å². The molecule has 0 aromatic heterocycles. The van der Waals surface area contributed by atoms with Gasteiger partial charge in [0.2, 0.25) is 0 Å². The minimum Gasteiger partial charge on any atom is -0.461 e. The van der Waals surface area contributed by atoms with Crippen LogP contribution in [0.5, 0.6) is 0 Å². The van der Waals surface area contributed by atoms with Crippen LogP contribution in [-0.2, 0) is 16.1 Å². The molecule has 0 N–H and O–H groups in total. The molecule has 0 heterocycles. The number of benzene rings is 1. The molecule has 0 aliphatic heterocycles. The maximum atomic E-state index is 11.9. The lowest BCUT2D eigenvalue weighted by Gasteiger charge is -2.21. The molecule has 1 atom stereocenters. The average molecular weight is 277 g/mol. The molecule has 0 aliphatic rings. The van der Waals surface area contributed by atoms with Crippen LogP contribution in [0.1, 0.15) is 32.8 Å². The van der Waals surface area contributed by atoms with Gasteiger partial charge in [-0.05, 0) is 31.5 Å². The second-order valence-electron chi connectivity index (χ2n) is 5.94. The van der Waals surface area contributed by atoms with Crippen molar-refractivity contribution in [1.82, 2.24) is 4.90 Å². The second kappa shape index (κ2) is 8.75. The van der Waals surface area contributed by atoms with Crippen LogP contribution in [0, 0.1) is 11.8 Å². The Kier molecular flexibility index (Phi) is 7.31. The van der Waals surface area contributed by atoms with Gasteiger partial charge in [0.05, 0.1) is 5.92 Å². The quantitative estimate of drug-likeness (QED) is 0.683. The Bertz CT molecular complexity index is 389. The zero-order chi connectivity index (χ0) is 15.0. The van der Waals surface area contributed by atoms with Crippen molar-refractivity contribution in [2.45, 2.75) is 33.8 Å². The van der Waals surface area contributed by atoms with Gasteiger partial charge >= 0.3 is 5.97 Å². The molecule has 1 rings (SSSR count). The monoisotopic (exact) mass is 277 g/mol. The number of carbonyl (C=O) groups excluding carboxylic acids is 1. The van der Waals surface area contributed by atoms with Gasteiger partial charge in [-0.25, -0.2) is 0 Å². The predicted octanol–water partition coefficient (Wildman–Crippen LogP) is 3.34. The number of hydrogen-bond donors (Lipinski definition) is 0. The van der Waals surface area contributed by atoms with E-state index in [-0.39, 0.29) is 11.9 Å². The van der Waals surface area contributed by atoms with Crippen molar-refractivity contribution in [1.29, 1.82) is 0 Å². The highest BCUT2D eigenvalue weighted by molar-refractivity contribution is 5.72. The van der Waals surface area contributed by atoms with E-state index in [0.29, 0.717) is 12.5 Å². The lowest BCUT2D eigenvalue weighted by Crippen LogP contribution is -2.31. The molecule has 0 radical (unpaired) electrons. The molecule has 0 saturated carbocycles. The van der Waals surface area contributed by atoms with E-state index in [4.69, 9.17) is 4.74 Å². The Morgan fingerprint density at radius 1 is 1.20 bits per heavy atom. The molecule has 0 spiro atoms. The molecule has 0 saturated heterocycles. The number of rotatable bonds is 8. The number of esters is 1. The van der Waals surface area contributed by atoms with Crippen molar-refractivity contribution in [3.05, 3.63) is 35.9 Å². The van der Waals surface area contributed by atoms with Crippen LogP contribution < -0.4 is 0 Å². The van der Waals surface area contributed by atoms with Crippen molar-refractivity contribution in [3.8, 4) is 0 Å². The van der Waals surface area contributed by atoms with E-state index in [0.717, 1.165) is 25.1 Å². The first kappa shape index (κ1) is 16.7. The molecule has 3 nitrogen and oxygen atoms in total. The fourth-order valence-electron chi connectivity index (χ4n) is 1.98. The van der Waals surface area contributed by atoms with E-state index in [2.05, 4.69) is 25.8 Å². The Morgan fingerprint density at radius 3 is 2.45 bits per heavy atom. The number of carbonyl (C=O) groups is 1. The summed E-state index contributed by atoms with van der Waals surface area (Å²) in [5.74, 6) is 0.485. The molecular weight excluding hydrogens is 250 g/mol. The second-order valence-corrected chi connectivity index (χ2v) is 5.94. The largest absolute Gasteiger partial charge is 0.461 e. The first-order valence-corrected chi connectivity index (χ1v) is 7.38. The van der Waals surface area contributed by atoms with Crippen molar-refractivity contribution < 1.29 is 9.53 Å². The highest BCUT2D eigenvalue weighted by Crippen LogP contribution is 2.07. The van der Waals surface area contributed by atoms with Gasteiger partial charge < -0.3 is 9.64 Å². The van der Waals surface area contributed by atoms with Gasteiger partial charge in [-0.2, -0.15) is 0 Å². The van der Waals surface area contributed by atoms with E-state index in [1.807, 2.05) is 37.3 Å². The van der Waals surface area contributed by atoms with Crippen molar-refractivity contribution in [2.75, 3.05) is 20.1 Å². The molecule has 0 aliphatic carbocycles. The van der Waals surface area contributed by atoms with Crippen LogP contribution in [0.3, 0.4) is 0 Å². The van der Waals surface area contributed by atoms with E-state index < -0.39 is 0 Å². The molecule has 1 aromatic carbocycles. The van der Waals surface area contributed by atoms with Crippen LogP contribution in [-0.4, -0.2) is 31.0 Å². The normalized spacial score (nSPS) is 12.7. The van der Waals surface area contributed by atoms with Crippen LogP contribution >= 0.6 is 0 Å². The van der Waals surface area contributed by atoms with E-state index in [9.17, 15) is 4.79 Å². The maximum Gasteiger partial charge on any atom is 0.310 e. The lowest BCUT2D eigenvalue weighted by atomic mass is 10.1. The summed E-state index contributed by atoms with van der Waals surface area (Å²) in [6, 6.07) is 9.79. The minimum atomic E-state index is -0.120. The molecule has 0 bridgehead atoms. The summed E-state index contributed by atoms with van der Waals surface area (Å²) in [7, 11) is 2.06. The summed E-state index contributed by atoms with van der Waals surface area (Å²) < 4.78 is 5.35. The zero-order valence-corrected chi connectivity index (χ0v) is 13.1. The third-order valence-corrected chi connectivity index (χ3v) is 3.30. The van der Waals surface area contributed by atoms with Crippen molar-refractivity contribution >= 4 is 5.97 Å². The fourth-order valence-corrected chi connectivity index (χ4v) is 1.98. The molecule has 1 aromatic rings. The van der Waals surface area contributed by atoms with E-state index in [1.54, 1.807) is 0 Å².